The number of para-hydroxylation sites is 1. The highest BCUT2D eigenvalue weighted by molar-refractivity contribution is 7.98. The van der Waals surface area contributed by atoms with Crippen LogP contribution in [0.15, 0.2) is 65.6 Å². The Labute approximate surface area is 168 Å². The van der Waals surface area contributed by atoms with Crippen LogP contribution < -0.4 is 5.32 Å². The predicted octanol–water partition coefficient (Wildman–Crippen LogP) is 3.43. The maximum atomic E-state index is 12.6. The van der Waals surface area contributed by atoms with Crippen molar-refractivity contribution in [1.29, 1.82) is 0 Å². The van der Waals surface area contributed by atoms with Gasteiger partial charge in [-0.15, -0.1) is 11.8 Å². The van der Waals surface area contributed by atoms with Gasteiger partial charge < -0.3 is 10.2 Å². The highest BCUT2D eigenvalue weighted by Crippen LogP contribution is 2.24. The molecule has 0 bridgehead atoms. The summed E-state index contributed by atoms with van der Waals surface area (Å²) in [5.74, 6) is -0.554. The van der Waals surface area contributed by atoms with Gasteiger partial charge in [-0.3, -0.25) is 14.7 Å². The zero-order valence-corrected chi connectivity index (χ0v) is 16.6. The average molecular weight is 395 g/mol. The van der Waals surface area contributed by atoms with Gasteiger partial charge in [0.1, 0.15) is 5.69 Å². The lowest BCUT2D eigenvalue weighted by Gasteiger charge is -2.16. The minimum Gasteiger partial charge on any atom is -0.331 e. The Kier molecular flexibility index (Phi) is 6.49. The second-order valence-electron chi connectivity index (χ2n) is 6.35. The number of H-pyrrole nitrogens is 1. The number of hydrogen-bond acceptors (Lipinski definition) is 4. The van der Waals surface area contributed by atoms with E-state index in [1.54, 1.807) is 24.9 Å². The maximum absolute atomic E-state index is 12.6. The van der Waals surface area contributed by atoms with Crippen LogP contribution in [0.2, 0.25) is 0 Å². The molecule has 0 radical (unpaired) electrons. The number of anilines is 1. The standard InChI is InChI=1S/C21H22N4O2S/c1-25(14-20(26)22-17-10-6-7-11-19(17)28-2)21(27)18-13-16(23-24-18)12-15-8-4-3-5-9-15/h3-11,13H,12,14H2,1-2H3,(H,22,26)(H,23,24). The van der Waals surface area contributed by atoms with Gasteiger partial charge in [-0.2, -0.15) is 5.10 Å². The van der Waals surface area contributed by atoms with E-state index in [0.29, 0.717) is 12.1 Å². The first kappa shape index (κ1) is 19.7. The van der Waals surface area contributed by atoms with Crippen LogP contribution in [-0.2, 0) is 11.2 Å². The number of aromatic nitrogens is 2. The van der Waals surface area contributed by atoms with Gasteiger partial charge in [-0.1, -0.05) is 42.5 Å². The molecular formula is C21H22N4O2S. The molecule has 2 N–H and O–H groups in total. The van der Waals surface area contributed by atoms with Crippen LogP contribution in [0, 0.1) is 0 Å². The number of amides is 2. The fraction of sp³-hybridized carbons (Fsp3) is 0.190. The quantitative estimate of drug-likeness (QED) is 0.602. The molecule has 7 heteroatoms. The summed E-state index contributed by atoms with van der Waals surface area (Å²) < 4.78 is 0. The normalized spacial score (nSPS) is 10.5. The van der Waals surface area contributed by atoms with E-state index in [9.17, 15) is 9.59 Å². The van der Waals surface area contributed by atoms with Crippen molar-refractivity contribution in [3.63, 3.8) is 0 Å². The minimum absolute atomic E-state index is 0.0531. The molecular weight excluding hydrogens is 372 g/mol. The maximum Gasteiger partial charge on any atom is 0.274 e. The van der Waals surface area contributed by atoms with Crippen LogP contribution in [0.25, 0.3) is 0 Å². The van der Waals surface area contributed by atoms with Crippen molar-refractivity contribution < 1.29 is 9.59 Å². The van der Waals surface area contributed by atoms with Crippen LogP contribution >= 0.6 is 11.8 Å². The zero-order valence-electron chi connectivity index (χ0n) is 15.8. The Hall–Kier alpha value is -3.06. The molecule has 0 spiro atoms. The molecule has 0 fully saturated rings. The van der Waals surface area contributed by atoms with E-state index in [0.717, 1.165) is 21.8 Å². The van der Waals surface area contributed by atoms with Crippen molar-refractivity contribution in [2.75, 3.05) is 25.2 Å². The van der Waals surface area contributed by atoms with E-state index in [-0.39, 0.29) is 18.4 Å². The second-order valence-corrected chi connectivity index (χ2v) is 7.20. The number of nitrogens with one attached hydrogen (secondary N) is 2. The number of rotatable bonds is 7. The molecule has 28 heavy (non-hydrogen) atoms. The van der Waals surface area contributed by atoms with Gasteiger partial charge in [0.25, 0.3) is 5.91 Å². The topological polar surface area (TPSA) is 78.1 Å². The van der Waals surface area contributed by atoms with Crippen LogP contribution in [0.3, 0.4) is 0 Å². The molecule has 0 aliphatic heterocycles. The molecule has 2 aromatic carbocycles. The fourth-order valence-corrected chi connectivity index (χ4v) is 3.35. The molecule has 0 atom stereocenters. The largest absolute Gasteiger partial charge is 0.331 e. The first-order chi connectivity index (χ1) is 13.6. The molecule has 144 valence electrons. The van der Waals surface area contributed by atoms with Gasteiger partial charge in [0.05, 0.1) is 12.2 Å². The van der Waals surface area contributed by atoms with Gasteiger partial charge in [0, 0.05) is 24.1 Å². The summed E-state index contributed by atoms with van der Waals surface area (Å²) in [5.41, 5.74) is 3.02. The molecule has 2 amide bonds. The van der Waals surface area contributed by atoms with Gasteiger partial charge in [-0.25, -0.2) is 0 Å². The molecule has 3 aromatic rings. The van der Waals surface area contributed by atoms with Gasteiger partial charge in [-0.05, 0) is 30.0 Å². The van der Waals surface area contributed by atoms with E-state index < -0.39 is 0 Å². The number of nitrogens with zero attached hydrogens (tertiary/aromatic N) is 2. The van der Waals surface area contributed by atoms with E-state index in [4.69, 9.17) is 0 Å². The smallest absolute Gasteiger partial charge is 0.274 e. The molecule has 0 saturated heterocycles. The lowest BCUT2D eigenvalue weighted by atomic mass is 10.1. The highest BCUT2D eigenvalue weighted by Gasteiger charge is 2.18. The second kappa shape index (κ2) is 9.23. The summed E-state index contributed by atoms with van der Waals surface area (Å²) >= 11 is 1.55. The fourth-order valence-electron chi connectivity index (χ4n) is 2.80. The molecule has 3 rings (SSSR count). The molecule has 0 aliphatic carbocycles. The van der Waals surface area contributed by atoms with Gasteiger partial charge in [0.2, 0.25) is 5.91 Å². The van der Waals surface area contributed by atoms with E-state index >= 15 is 0 Å². The predicted molar refractivity (Wildman–Crippen MR) is 112 cm³/mol. The summed E-state index contributed by atoms with van der Waals surface area (Å²) in [4.78, 5) is 27.2. The summed E-state index contributed by atoms with van der Waals surface area (Å²) in [7, 11) is 1.59. The number of aromatic amines is 1. The third kappa shape index (κ3) is 5.01. The molecule has 1 heterocycles. The van der Waals surface area contributed by atoms with Crippen molar-refractivity contribution in [1.82, 2.24) is 15.1 Å². The van der Waals surface area contributed by atoms with E-state index in [1.807, 2.05) is 60.9 Å². The molecule has 0 unspecified atom stereocenters. The monoisotopic (exact) mass is 394 g/mol. The highest BCUT2D eigenvalue weighted by atomic mass is 32.2. The first-order valence-electron chi connectivity index (χ1n) is 8.83. The van der Waals surface area contributed by atoms with Crippen LogP contribution in [-0.4, -0.2) is 46.8 Å². The van der Waals surface area contributed by atoms with Crippen molar-refractivity contribution in [2.45, 2.75) is 11.3 Å². The van der Waals surface area contributed by atoms with Crippen molar-refractivity contribution >= 4 is 29.3 Å². The minimum atomic E-state index is -0.302. The summed E-state index contributed by atoms with van der Waals surface area (Å²) in [6.45, 7) is -0.0531. The Morgan fingerprint density at radius 2 is 1.82 bits per heavy atom. The van der Waals surface area contributed by atoms with Crippen LogP contribution in [0.4, 0.5) is 5.69 Å². The Bertz CT molecular complexity index is 956. The average Bonchev–Trinajstić information content (AvgIpc) is 3.16. The Balaban J connectivity index is 1.59. The Morgan fingerprint density at radius 1 is 1.11 bits per heavy atom. The number of benzene rings is 2. The van der Waals surface area contributed by atoms with Crippen molar-refractivity contribution in [3.05, 3.63) is 77.6 Å². The molecule has 6 nitrogen and oxygen atoms in total. The van der Waals surface area contributed by atoms with Crippen LogP contribution in [0.1, 0.15) is 21.7 Å². The summed E-state index contributed by atoms with van der Waals surface area (Å²) in [5, 5.41) is 9.85. The molecule has 1 aromatic heterocycles. The number of thioether (sulfide) groups is 1. The third-order valence-electron chi connectivity index (χ3n) is 4.20. The third-order valence-corrected chi connectivity index (χ3v) is 4.99. The molecule has 0 saturated carbocycles. The first-order valence-corrected chi connectivity index (χ1v) is 10.1. The zero-order chi connectivity index (χ0) is 19.9. The van der Waals surface area contributed by atoms with E-state index in [2.05, 4.69) is 15.5 Å². The lowest BCUT2D eigenvalue weighted by molar-refractivity contribution is -0.116. The Morgan fingerprint density at radius 3 is 2.57 bits per heavy atom. The van der Waals surface area contributed by atoms with Gasteiger partial charge in [0.15, 0.2) is 0 Å². The number of carbonyl (C=O) groups is 2. The SMILES string of the molecule is CSc1ccccc1NC(=O)CN(C)C(=O)c1cc(Cc2ccccc2)[nH]n1. The van der Waals surface area contributed by atoms with Gasteiger partial charge >= 0.3 is 0 Å². The van der Waals surface area contributed by atoms with Crippen molar-refractivity contribution in [3.8, 4) is 0 Å². The van der Waals surface area contributed by atoms with Crippen molar-refractivity contribution in [2.24, 2.45) is 0 Å². The molecule has 0 aliphatic rings. The number of likely N-dealkylation sites (N-methyl/N-ethyl adjacent to an activating group) is 1. The van der Waals surface area contributed by atoms with E-state index in [1.165, 1.54) is 4.90 Å². The number of carbonyl (C=O) groups excluding carboxylic acids is 2. The number of hydrogen-bond donors (Lipinski definition) is 2. The summed E-state index contributed by atoms with van der Waals surface area (Å²) in [6.07, 6.45) is 2.61. The van der Waals surface area contributed by atoms with Crippen LogP contribution in [0.5, 0.6) is 0 Å². The summed E-state index contributed by atoms with van der Waals surface area (Å²) in [6, 6.07) is 19.2. The lowest BCUT2D eigenvalue weighted by Crippen LogP contribution is -2.35.